The van der Waals surface area contributed by atoms with E-state index in [0.717, 1.165) is 15.6 Å². The zero-order valence-electron chi connectivity index (χ0n) is 11.5. The molecule has 5 nitrogen and oxygen atoms in total. The highest BCUT2D eigenvalue weighted by atomic mass is 35.5. The summed E-state index contributed by atoms with van der Waals surface area (Å²) in [5, 5.41) is 9.95. The molecule has 2 rings (SSSR count). The number of hydrogen-bond donors (Lipinski definition) is 0. The van der Waals surface area contributed by atoms with Crippen LogP contribution in [0, 0.1) is 0 Å². The van der Waals surface area contributed by atoms with Crippen LogP contribution in [0.25, 0.3) is 10.6 Å². The lowest BCUT2D eigenvalue weighted by molar-refractivity contribution is 0.325. The van der Waals surface area contributed by atoms with Gasteiger partial charge in [0.25, 0.3) is 0 Å². The van der Waals surface area contributed by atoms with Crippen molar-refractivity contribution in [1.29, 1.82) is 0 Å². The standard InChI is InChI=1S/C13H15ClN2O3S/c1-17-9-5-4-8(11(18-2)12(9)19-3)13-16-15-10(20-13)6-7-14/h4-5H,6-7H2,1-3H3. The number of methoxy groups -OCH3 is 3. The zero-order valence-corrected chi connectivity index (χ0v) is 13.0. The normalized spacial score (nSPS) is 10.4. The number of aryl methyl sites for hydroxylation is 1. The molecule has 0 aliphatic rings. The molecule has 0 bridgehead atoms. The minimum Gasteiger partial charge on any atom is -0.493 e. The van der Waals surface area contributed by atoms with E-state index < -0.39 is 0 Å². The summed E-state index contributed by atoms with van der Waals surface area (Å²) < 4.78 is 16.1. The second kappa shape index (κ2) is 6.76. The van der Waals surface area contributed by atoms with Gasteiger partial charge in [-0.15, -0.1) is 21.8 Å². The van der Waals surface area contributed by atoms with Crippen molar-refractivity contribution in [2.24, 2.45) is 0 Å². The first-order valence-electron chi connectivity index (χ1n) is 5.92. The largest absolute Gasteiger partial charge is 0.493 e. The molecule has 20 heavy (non-hydrogen) atoms. The summed E-state index contributed by atoms with van der Waals surface area (Å²) in [6, 6.07) is 3.70. The maximum absolute atomic E-state index is 5.71. The topological polar surface area (TPSA) is 53.5 Å². The number of rotatable bonds is 6. The third kappa shape index (κ3) is 2.81. The third-order valence-corrected chi connectivity index (χ3v) is 3.92. The van der Waals surface area contributed by atoms with Gasteiger partial charge in [0.15, 0.2) is 16.5 Å². The molecule has 7 heteroatoms. The average molecular weight is 315 g/mol. The van der Waals surface area contributed by atoms with Crippen LogP contribution in [-0.4, -0.2) is 37.4 Å². The molecule has 1 aromatic carbocycles. The van der Waals surface area contributed by atoms with Gasteiger partial charge in [-0.25, -0.2) is 0 Å². The fourth-order valence-corrected chi connectivity index (χ4v) is 2.97. The lowest BCUT2D eigenvalue weighted by Gasteiger charge is -2.14. The summed E-state index contributed by atoms with van der Waals surface area (Å²) in [5.74, 6) is 2.26. The number of halogens is 1. The molecule has 0 unspecified atom stereocenters. The summed E-state index contributed by atoms with van der Waals surface area (Å²) in [4.78, 5) is 0. The van der Waals surface area contributed by atoms with Crippen molar-refractivity contribution in [2.45, 2.75) is 6.42 Å². The molecule has 0 radical (unpaired) electrons. The smallest absolute Gasteiger partial charge is 0.204 e. The molecule has 1 aromatic heterocycles. The number of ether oxygens (including phenoxy) is 3. The van der Waals surface area contributed by atoms with Gasteiger partial charge in [-0.1, -0.05) is 11.3 Å². The number of nitrogens with zero attached hydrogens (tertiary/aromatic N) is 2. The van der Waals surface area contributed by atoms with Gasteiger partial charge in [0.1, 0.15) is 5.01 Å². The van der Waals surface area contributed by atoms with Crippen molar-refractivity contribution in [3.63, 3.8) is 0 Å². The van der Waals surface area contributed by atoms with Gasteiger partial charge in [0, 0.05) is 12.3 Å². The molecule has 0 saturated carbocycles. The van der Waals surface area contributed by atoms with Gasteiger partial charge in [0.05, 0.1) is 26.9 Å². The van der Waals surface area contributed by atoms with Crippen LogP contribution >= 0.6 is 22.9 Å². The molecule has 0 amide bonds. The zero-order chi connectivity index (χ0) is 14.5. The molecular weight excluding hydrogens is 300 g/mol. The molecule has 0 aliphatic carbocycles. The lowest BCUT2D eigenvalue weighted by Crippen LogP contribution is -1.96. The fourth-order valence-electron chi connectivity index (χ4n) is 1.81. The lowest BCUT2D eigenvalue weighted by atomic mass is 10.2. The molecule has 0 saturated heterocycles. The van der Waals surface area contributed by atoms with Gasteiger partial charge >= 0.3 is 0 Å². The van der Waals surface area contributed by atoms with E-state index in [1.807, 2.05) is 12.1 Å². The van der Waals surface area contributed by atoms with Crippen LogP contribution in [0.5, 0.6) is 17.2 Å². The Hall–Kier alpha value is -1.53. The molecule has 1 heterocycles. The summed E-state index contributed by atoms with van der Waals surface area (Å²) in [7, 11) is 4.74. The average Bonchev–Trinajstić information content (AvgIpc) is 2.94. The van der Waals surface area contributed by atoms with E-state index in [4.69, 9.17) is 25.8 Å². The Morgan fingerprint density at radius 2 is 1.80 bits per heavy atom. The van der Waals surface area contributed by atoms with Gasteiger partial charge in [0.2, 0.25) is 5.75 Å². The Morgan fingerprint density at radius 1 is 1.05 bits per heavy atom. The predicted molar refractivity (Wildman–Crippen MR) is 79.4 cm³/mol. The van der Waals surface area contributed by atoms with Crippen LogP contribution in [0.1, 0.15) is 5.01 Å². The van der Waals surface area contributed by atoms with Crippen LogP contribution in [0.3, 0.4) is 0 Å². The number of benzene rings is 1. The Balaban J connectivity index is 2.49. The van der Waals surface area contributed by atoms with E-state index in [1.165, 1.54) is 11.3 Å². The van der Waals surface area contributed by atoms with Crippen molar-refractivity contribution in [3.8, 4) is 27.8 Å². The maximum atomic E-state index is 5.71. The van der Waals surface area contributed by atoms with E-state index in [-0.39, 0.29) is 0 Å². The van der Waals surface area contributed by atoms with Gasteiger partial charge in [-0.05, 0) is 12.1 Å². The van der Waals surface area contributed by atoms with Crippen molar-refractivity contribution in [3.05, 3.63) is 17.1 Å². The van der Waals surface area contributed by atoms with E-state index in [9.17, 15) is 0 Å². The third-order valence-electron chi connectivity index (χ3n) is 2.71. The summed E-state index contributed by atoms with van der Waals surface area (Å²) in [6.45, 7) is 0. The van der Waals surface area contributed by atoms with Crippen LogP contribution in [0.4, 0.5) is 0 Å². The maximum Gasteiger partial charge on any atom is 0.204 e. The fraction of sp³-hybridized carbons (Fsp3) is 0.385. The van der Waals surface area contributed by atoms with E-state index >= 15 is 0 Å². The SMILES string of the molecule is COc1ccc(-c2nnc(CCCl)s2)c(OC)c1OC. The predicted octanol–water partition coefficient (Wildman–Crippen LogP) is 3.01. The Kier molecular flexibility index (Phi) is 5.03. The van der Waals surface area contributed by atoms with Gasteiger partial charge in [-0.3, -0.25) is 0 Å². The molecule has 0 atom stereocenters. The van der Waals surface area contributed by atoms with E-state index in [2.05, 4.69) is 10.2 Å². The molecule has 0 spiro atoms. The quantitative estimate of drug-likeness (QED) is 0.767. The summed E-state index contributed by atoms with van der Waals surface area (Å²) in [6.07, 6.45) is 0.703. The van der Waals surface area contributed by atoms with Gasteiger partial charge in [-0.2, -0.15) is 0 Å². The number of alkyl halides is 1. The second-order valence-electron chi connectivity index (χ2n) is 3.82. The molecule has 2 aromatic rings. The first-order valence-corrected chi connectivity index (χ1v) is 7.28. The van der Waals surface area contributed by atoms with Crippen molar-refractivity contribution < 1.29 is 14.2 Å². The first kappa shape index (κ1) is 14.9. The molecule has 0 fully saturated rings. The van der Waals surface area contributed by atoms with Crippen LogP contribution < -0.4 is 14.2 Å². The highest BCUT2D eigenvalue weighted by Gasteiger charge is 2.19. The number of aromatic nitrogens is 2. The van der Waals surface area contributed by atoms with Crippen LogP contribution in [0.15, 0.2) is 12.1 Å². The van der Waals surface area contributed by atoms with E-state index in [0.29, 0.717) is 29.5 Å². The molecule has 108 valence electrons. The molecule has 0 N–H and O–H groups in total. The van der Waals surface area contributed by atoms with Crippen molar-refractivity contribution in [1.82, 2.24) is 10.2 Å². The Labute approximate surface area is 126 Å². The minimum atomic E-state index is 0.525. The van der Waals surface area contributed by atoms with Crippen molar-refractivity contribution >= 4 is 22.9 Å². The molecular formula is C13H15ClN2O3S. The summed E-state index contributed by atoms with van der Waals surface area (Å²) >= 11 is 7.20. The first-order chi connectivity index (χ1) is 9.74. The Bertz CT molecular complexity index is 589. The Morgan fingerprint density at radius 3 is 2.40 bits per heavy atom. The minimum absolute atomic E-state index is 0.525. The molecule has 0 aliphatic heterocycles. The van der Waals surface area contributed by atoms with Gasteiger partial charge < -0.3 is 14.2 Å². The van der Waals surface area contributed by atoms with Crippen LogP contribution in [0.2, 0.25) is 0 Å². The number of hydrogen-bond acceptors (Lipinski definition) is 6. The monoisotopic (exact) mass is 314 g/mol. The van der Waals surface area contributed by atoms with Crippen molar-refractivity contribution in [2.75, 3.05) is 27.2 Å². The highest BCUT2D eigenvalue weighted by molar-refractivity contribution is 7.14. The highest BCUT2D eigenvalue weighted by Crippen LogP contribution is 2.44. The second-order valence-corrected chi connectivity index (χ2v) is 5.26. The summed E-state index contributed by atoms with van der Waals surface area (Å²) in [5.41, 5.74) is 0.823. The van der Waals surface area contributed by atoms with E-state index in [1.54, 1.807) is 21.3 Å². The van der Waals surface area contributed by atoms with Crippen LogP contribution in [-0.2, 0) is 6.42 Å².